The lowest BCUT2D eigenvalue weighted by molar-refractivity contribution is -0.142. The average Bonchev–Trinajstić information content (AvgIpc) is 2.51. The molecule has 0 bridgehead atoms. The number of hydrazine groups is 1. The molecule has 1 fully saturated rings. The van der Waals surface area contributed by atoms with Crippen LogP contribution in [-0.2, 0) is 19.2 Å². The number of hydrogen-bond donors (Lipinski definition) is 4. The summed E-state index contributed by atoms with van der Waals surface area (Å²) in [5.74, 6) is -1.74. The van der Waals surface area contributed by atoms with Crippen molar-refractivity contribution in [1.29, 1.82) is 0 Å². The molecule has 5 N–H and O–H groups in total. The minimum absolute atomic E-state index is 0.122. The van der Waals surface area contributed by atoms with Gasteiger partial charge < -0.3 is 16.4 Å². The lowest BCUT2D eigenvalue weighted by Gasteiger charge is -2.34. The maximum absolute atomic E-state index is 12.4. The first-order valence-corrected chi connectivity index (χ1v) is 8.07. The van der Waals surface area contributed by atoms with Crippen molar-refractivity contribution in [3.8, 4) is 0 Å². The van der Waals surface area contributed by atoms with E-state index in [1.54, 1.807) is 20.8 Å². The predicted octanol–water partition coefficient (Wildman–Crippen LogP) is -1.37. The lowest BCUT2D eigenvalue weighted by Crippen LogP contribution is -2.61. The van der Waals surface area contributed by atoms with Crippen molar-refractivity contribution in [3.05, 3.63) is 0 Å². The summed E-state index contributed by atoms with van der Waals surface area (Å²) in [7, 11) is 0. The maximum Gasteiger partial charge on any atom is 0.258 e. The van der Waals surface area contributed by atoms with Gasteiger partial charge in [-0.15, -0.1) is 0 Å². The molecule has 0 aromatic rings. The Morgan fingerprint density at radius 3 is 2.29 bits per heavy atom. The number of carbonyl (C=O) groups is 4. The first-order chi connectivity index (χ1) is 11.1. The Morgan fingerprint density at radius 2 is 1.79 bits per heavy atom. The van der Waals surface area contributed by atoms with Crippen LogP contribution in [0.2, 0.25) is 0 Å². The summed E-state index contributed by atoms with van der Waals surface area (Å²) in [6.45, 7) is 6.93. The number of rotatable bonds is 6. The van der Waals surface area contributed by atoms with Gasteiger partial charge in [0, 0.05) is 13.5 Å². The average molecular weight is 341 g/mol. The van der Waals surface area contributed by atoms with Gasteiger partial charge in [-0.05, 0) is 25.7 Å². The van der Waals surface area contributed by atoms with Crippen LogP contribution < -0.4 is 21.8 Å². The number of hydrogen-bond acceptors (Lipinski definition) is 5. The van der Waals surface area contributed by atoms with Crippen LogP contribution in [0.15, 0.2) is 0 Å². The van der Waals surface area contributed by atoms with E-state index in [9.17, 15) is 19.2 Å². The zero-order valence-electron chi connectivity index (χ0n) is 14.6. The third-order valence-electron chi connectivity index (χ3n) is 3.83. The first-order valence-electron chi connectivity index (χ1n) is 8.07. The first kappa shape index (κ1) is 19.9. The molecule has 9 nitrogen and oxygen atoms in total. The predicted molar refractivity (Wildman–Crippen MR) is 87.1 cm³/mol. The molecule has 0 spiro atoms. The van der Waals surface area contributed by atoms with Crippen molar-refractivity contribution >= 4 is 23.6 Å². The summed E-state index contributed by atoms with van der Waals surface area (Å²) >= 11 is 0. The normalized spacial score (nSPS) is 20.2. The molecule has 3 atom stereocenters. The largest absolute Gasteiger partial charge is 0.368 e. The van der Waals surface area contributed by atoms with E-state index >= 15 is 0 Å². The van der Waals surface area contributed by atoms with Gasteiger partial charge in [-0.25, -0.2) is 5.43 Å². The van der Waals surface area contributed by atoms with Gasteiger partial charge in [0.15, 0.2) is 0 Å². The molecule has 1 aliphatic rings. The standard InChI is InChI=1S/C15H27N5O4/c1-8(2)12(18-10(4)21)14(23)17-9(3)15(24)20-7-5-6-11(19-20)13(16)22/h8-9,11-12,19H,5-7H2,1-4H3,(H2,16,22)(H,17,23)(H,18,21)/t9-,11-,12-/m0/s1. The van der Waals surface area contributed by atoms with Gasteiger partial charge in [-0.1, -0.05) is 13.8 Å². The van der Waals surface area contributed by atoms with E-state index in [4.69, 9.17) is 5.73 Å². The fourth-order valence-electron chi connectivity index (χ4n) is 2.50. The molecule has 0 aliphatic carbocycles. The summed E-state index contributed by atoms with van der Waals surface area (Å²) in [5, 5.41) is 6.49. The molecule has 0 unspecified atom stereocenters. The minimum atomic E-state index is -0.799. The zero-order valence-corrected chi connectivity index (χ0v) is 14.6. The smallest absolute Gasteiger partial charge is 0.258 e. The highest BCUT2D eigenvalue weighted by molar-refractivity contribution is 5.91. The van der Waals surface area contributed by atoms with Crippen LogP contribution in [0.5, 0.6) is 0 Å². The summed E-state index contributed by atoms with van der Waals surface area (Å²) in [4.78, 5) is 47.2. The van der Waals surface area contributed by atoms with Crippen LogP contribution in [0.3, 0.4) is 0 Å². The van der Waals surface area contributed by atoms with Gasteiger partial charge in [0.2, 0.25) is 17.7 Å². The van der Waals surface area contributed by atoms with Gasteiger partial charge >= 0.3 is 0 Å². The lowest BCUT2D eigenvalue weighted by atomic mass is 10.0. The molecule has 136 valence electrons. The second-order valence-electron chi connectivity index (χ2n) is 6.37. The van der Waals surface area contributed by atoms with Crippen LogP contribution in [0.1, 0.15) is 40.5 Å². The third-order valence-corrected chi connectivity index (χ3v) is 3.83. The van der Waals surface area contributed by atoms with Crippen molar-refractivity contribution in [2.45, 2.75) is 58.7 Å². The van der Waals surface area contributed by atoms with E-state index in [1.807, 2.05) is 0 Å². The van der Waals surface area contributed by atoms with E-state index in [1.165, 1.54) is 11.9 Å². The minimum Gasteiger partial charge on any atom is -0.368 e. The molecule has 0 radical (unpaired) electrons. The Balaban J connectivity index is 2.66. The molecule has 0 aromatic carbocycles. The molecule has 1 saturated heterocycles. The molecule has 24 heavy (non-hydrogen) atoms. The van der Waals surface area contributed by atoms with Gasteiger partial charge in [-0.3, -0.25) is 24.2 Å². The SMILES string of the molecule is CC(=O)N[C@H](C(=O)N[C@@H](C)C(=O)N1CCC[C@@H](C(N)=O)N1)C(C)C. The van der Waals surface area contributed by atoms with Gasteiger partial charge in [0.25, 0.3) is 5.91 Å². The molecule has 1 rings (SSSR count). The van der Waals surface area contributed by atoms with E-state index in [-0.39, 0.29) is 17.7 Å². The molecule has 0 aromatic heterocycles. The number of carbonyl (C=O) groups excluding carboxylic acids is 4. The second kappa shape index (κ2) is 8.62. The monoisotopic (exact) mass is 341 g/mol. The number of nitrogens with one attached hydrogen (secondary N) is 3. The fourth-order valence-corrected chi connectivity index (χ4v) is 2.50. The zero-order chi connectivity index (χ0) is 18.4. The van der Waals surface area contributed by atoms with E-state index in [0.29, 0.717) is 19.4 Å². The second-order valence-corrected chi connectivity index (χ2v) is 6.37. The highest BCUT2D eigenvalue weighted by Gasteiger charge is 2.31. The van der Waals surface area contributed by atoms with Crippen LogP contribution >= 0.6 is 0 Å². The van der Waals surface area contributed by atoms with Crippen molar-refractivity contribution in [2.75, 3.05) is 6.54 Å². The quantitative estimate of drug-likeness (QED) is 0.473. The summed E-state index contributed by atoms with van der Waals surface area (Å²) < 4.78 is 0. The topological polar surface area (TPSA) is 134 Å². The summed E-state index contributed by atoms with van der Waals surface area (Å²) in [5.41, 5.74) is 8.04. The molecule has 4 amide bonds. The van der Waals surface area contributed by atoms with Crippen molar-refractivity contribution in [2.24, 2.45) is 11.7 Å². The Morgan fingerprint density at radius 1 is 1.17 bits per heavy atom. The van der Waals surface area contributed by atoms with Crippen molar-refractivity contribution in [1.82, 2.24) is 21.1 Å². The highest BCUT2D eigenvalue weighted by atomic mass is 16.2. The van der Waals surface area contributed by atoms with E-state index in [0.717, 1.165) is 0 Å². The summed E-state index contributed by atoms with van der Waals surface area (Å²) in [6.07, 6.45) is 1.21. The van der Waals surface area contributed by atoms with E-state index < -0.39 is 29.9 Å². The van der Waals surface area contributed by atoms with Gasteiger partial charge in [0.1, 0.15) is 18.1 Å². The Labute approximate surface area is 141 Å². The Hall–Kier alpha value is -2.16. The van der Waals surface area contributed by atoms with Gasteiger partial charge in [-0.2, -0.15) is 0 Å². The van der Waals surface area contributed by atoms with E-state index in [2.05, 4.69) is 16.1 Å². The number of primary amides is 1. The van der Waals surface area contributed by atoms with Crippen LogP contribution in [0, 0.1) is 5.92 Å². The van der Waals surface area contributed by atoms with Crippen molar-refractivity contribution < 1.29 is 19.2 Å². The number of amides is 4. The summed E-state index contributed by atoms with van der Waals surface area (Å²) in [6, 6.07) is -2.11. The third kappa shape index (κ3) is 5.48. The highest BCUT2D eigenvalue weighted by Crippen LogP contribution is 2.09. The number of nitrogens with zero attached hydrogens (tertiary/aromatic N) is 1. The molecule has 0 saturated carbocycles. The number of nitrogens with two attached hydrogens (primary N) is 1. The van der Waals surface area contributed by atoms with Crippen LogP contribution in [0.25, 0.3) is 0 Å². The van der Waals surface area contributed by atoms with Gasteiger partial charge in [0.05, 0.1) is 0 Å². The Kier molecular flexibility index (Phi) is 7.15. The van der Waals surface area contributed by atoms with Crippen LogP contribution in [-0.4, -0.2) is 53.3 Å². The molecule has 1 aliphatic heterocycles. The maximum atomic E-state index is 12.4. The molecular formula is C15H27N5O4. The van der Waals surface area contributed by atoms with Crippen molar-refractivity contribution in [3.63, 3.8) is 0 Å². The fraction of sp³-hybridized carbons (Fsp3) is 0.733. The molecule has 1 heterocycles. The molecular weight excluding hydrogens is 314 g/mol. The van der Waals surface area contributed by atoms with Crippen LogP contribution in [0.4, 0.5) is 0 Å². The Bertz CT molecular complexity index is 508. The molecule has 9 heteroatoms.